The second-order valence-electron chi connectivity index (χ2n) is 6.00. The Kier molecular flexibility index (Phi) is 4.67. The third-order valence-electron chi connectivity index (χ3n) is 4.34. The fourth-order valence-corrected chi connectivity index (χ4v) is 2.98. The Balaban J connectivity index is 1.68. The lowest BCUT2D eigenvalue weighted by atomic mass is 10.1. The third-order valence-corrected chi connectivity index (χ3v) is 4.34. The number of hydrogen-bond acceptors (Lipinski definition) is 7. The highest BCUT2D eigenvalue weighted by Gasteiger charge is 2.15. The number of nitrogens with one attached hydrogen (secondary N) is 2. The molecule has 0 unspecified atom stereocenters. The topological polar surface area (TPSA) is 94.2 Å². The lowest BCUT2D eigenvalue weighted by Gasteiger charge is -2.14. The summed E-state index contributed by atoms with van der Waals surface area (Å²) in [5.74, 6) is 2.33. The minimum absolute atomic E-state index is 0.536. The number of nitrogens with zero attached hydrogens (tertiary/aromatic N) is 3. The maximum Gasteiger partial charge on any atom is 0.203 e. The Labute approximate surface area is 161 Å². The number of aromatic nitrogens is 4. The molecule has 0 spiro atoms. The second-order valence-corrected chi connectivity index (χ2v) is 6.00. The first-order chi connectivity index (χ1) is 13.7. The van der Waals surface area contributed by atoms with Crippen LogP contribution in [-0.4, -0.2) is 41.5 Å². The molecule has 4 aromatic rings. The quantitative estimate of drug-likeness (QED) is 0.528. The van der Waals surface area contributed by atoms with E-state index < -0.39 is 0 Å². The van der Waals surface area contributed by atoms with Gasteiger partial charge in [-0.05, 0) is 30.3 Å². The van der Waals surface area contributed by atoms with E-state index in [0.29, 0.717) is 23.1 Å². The Morgan fingerprint density at radius 2 is 1.68 bits per heavy atom. The van der Waals surface area contributed by atoms with Crippen molar-refractivity contribution >= 4 is 22.4 Å². The standard InChI is InChI=1S/C20H19N5O3/c1-26-17-6-13(7-18(27-2)20(17)28-3)15-9-19(22-11-21-15)24-14-5-4-12-10-23-25-16(12)8-14/h4-11H,1-3H3,(H,23,25)(H,21,22,24). The molecule has 0 bridgehead atoms. The van der Waals surface area contributed by atoms with Crippen molar-refractivity contribution in [2.45, 2.75) is 0 Å². The number of benzene rings is 2. The molecule has 0 aliphatic heterocycles. The fraction of sp³-hybridized carbons (Fsp3) is 0.150. The fourth-order valence-electron chi connectivity index (χ4n) is 2.98. The Morgan fingerprint density at radius 1 is 0.893 bits per heavy atom. The molecule has 8 heteroatoms. The number of rotatable bonds is 6. The van der Waals surface area contributed by atoms with E-state index in [1.165, 1.54) is 6.33 Å². The number of hydrogen-bond donors (Lipinski definition) is 2. The zero-order valence-corrected chi connectivity index (χ0v) is 15.7. The predicted molar refractivity (Wildman–Crippen MR) is 107 cm³/mol. The van der Waals surface area contributed by atoms with Crippen LogP contribution >= 0.6 is 0 Å². The van der Waals surface area contributed by atoms with Crippen LogP contribution in [0.5, 0.6) is 17.2 Å². The van der Waals surface area contributed by atoms with E-state index in [-0.39, 0.29) is 0 Å². The van der Waals surface area contributed by atoms with Gasteiger partial charge in [0.05, 0.1) is 38.7 Å². The number of aromatic amines is 1. The van der Waals surface area contributed by atoms with Crippen molar-refractivity contribution in [2.75, 3.05) is 26.6 Å². The normalized spacial score (nSPS) is 10.7. The maximum atomic E-state index is 5.43. The van der Waals surface area contributed by atoms with Crippen molar-refractivity contribution in [1.82, 2.24) is 20.2 Å². The first-order valence-corrected chi connectivity index (χ1v) is 8.54. The molecule has 0 aliphatic rings. The number of ether oxygens (including phenoxy) is 3. The highest BCUT2D eigenvalue weighted by molar-refractivity contribution is 5.82. The lowest BCUT2D eigenvalue weighted by molar-refractivity contribution is 0.324. The molecule has 4 rings (SSSR count). The zero-order valence-electron chi connectivity index (χ0n) is 15.7. The van der Waals surface area contributed by atoms with Crippen LogP contribution < -0.4 is 19.5 Å². The summed E-state index contributed by atoms with van der Waals surface area (Å²) in [6, 6.07) is 11.5. The molecule has 2 aromatic heterocycles. The SMILES string of the molecule is COc1cc(-c2cc(Nc3ccc4cn[nH]c4c3)ncn2)cc(OC)c1OC. The molecule has 0 amide bonds. The van der Waals surface area contributed by atoms with Crippen molar-refractivity contribution in [3.63, 3.8) is 0 Å². The van der Waals surface area contributed by atoms with Gasteiger partial charge in [-0.15, -0.1) is 0 Å². The first kappa shape index (κ1) is 17.6. The van der Waals surface area contributed by atoms with Gasteiger partial charge in [0, 0.05) is 22.7 Å². The van der Waals surface area contributed by atoms with Crippen LogP contribution in [0.3, 0.4) is 0 Å². The van der Waals surface area contributed by atoms with Gasteiger partial charge in [0.25, 0.3) is 0 Å². The summed E-state index contributed by atoms with van der Waals surface area (Å²) in [6.45, 7) is 0. The second kappa shape index (κ2) is 7.43. The third kappa shape index (κ3) is 3.27. The average molecular weight is 377 g/mol. The van der Waals surface area contributed by atoms with E-state index in [2.05, 4.69) is 25.5 Å². The molecule has 2 N–H and O–H groups in total. The van der Waals surface area contributed by atoms with Crippen LogP contribution in [0.4, 0.5) is 11.5 Å². The zero-order chi connectivity index (χ0) is 19.5. The number of methoxy groups -OCH3 is 3. The van der Waals surface area contributed by atoms with Gasteiger partial charge in [0.1, 0.15) is 12.1 Å². The minimum atomic E-state index is 0.536. The van der Waals surface area contributed by atoms with E-state index in [4.69, 9.17) is 14.2 Å². The average Bonchev–Trinajstić information content (AvgIpc) is 3.20. The summed E-state index contributed by atoms with van der Waals surface area (Å²) in [7, 11) is 4.74. The molecular weight excluding hydrogens is 358 g/mol. The highest BCUT2D eigenvalue weighted by atomic mass is 16.5. The van der Waals surface area contributed by atoms with Gasteiger partial charge < -0.3 is 19.5 Å². The predicted octanol–water partition coefficient (Wildman–Crippen LogP) is 3.79. The van der Waals surface area contributed by atoms with Gasteiger partial charge in [-0.1, -0.05) is 0 Å². The van der Waals surface area contributed by atoms with Gasteiger partial charge >= 0.3 is 0 Å². The van der Waals surface area contributed by atoms with Crippen molar-refractivity contribution in [1.29, 1.82) is 0 Å². The lowest BCUT2D eigenvalue weighted by Crippen LogP contribution is -1.98. The molecular formula is C20H19N5O3. The number of anilines is 2. The smallest absolute Gasteiger partial charge is 0.203 e. The minimum Gasteiger partial charge on any atom is -0.493 e. The molecule has 0 saturated heterocycles. The number of fused-ring (bicyclic) bond motifs is 1. The summed E-state index contributed by atoms with van der Waals surface area (Å²) in [5, 5.41) is 11.3. The highest BCUT2D eigenvalue weighted by Crippen LogP contribution is 2.41. The largest absolute Gasteiger partial charge is 0.493 e. The maximum absolute atomic E-state index is 5.43. The van der Waals surface area contributed by atoms with Crippen molar-refractivity contribution in [3.8, 4) is 28.5 Å². The molecule has 8 nitrogen and oxygen atoms in total. The molecule has 142 valence electrons. The van der Waals surface area contributed by atoms with E-state index in [1.807, 2.05) is 36.4 Å². The van der Waals surface area contributed by atoms with Gasteiger partial charge in [0.2, 0.25) is 5.75 Å². The van der Waals surface area contributed by atoms with Crippen LogP contribution in [-0.2, 0) is 0 Å². The summed E-state index contributed by atoms with van der Waals surface area (Å²) in [6.07, 6.45) is 3.29. The molecule has 0 atom stereocenters. The van der Waals surface area contributed by atoms with Crippen molar-refractivity contribution in [2.24, 2.45) is 0 Å². The molecule has 0 fully saturated rings. The summed E-state index contributed by atoms with van der Waals surface area (Å²) in [4.78, 5) is 8.69. The van der Waals surface area contributed by atoms with E-state index in [9.17, 15) is 0 Å². The van der Waals surface area contributed by atoms with E-state index >= 15 is 0 Å². The van der Waals surface area contributed by atoms with Crippen LogP contribution in [0.25, 0.3) is 22.2 Å². The molecule has 0 aliphatic carbocycles. The van der Waals surface area contributed by atoms with Crippen LogP contribution in [0, 0.1) is 0 Å². The van der Waals surface area contributed by atoms with E-state index in [1.54, 1.807) is 27.5 Å². The summed E-state index contributed by atoms with van der Waals surface area (Å²) < 4.78 is 16.2. The molecule has 0 saturated carbocycles. The molecule has 0 radical (unpaired) electrons. The summed E-state index contributed by atoms with van der Waals surface area (Å²) in [5.41, 5.74) is 3.39. The van der Waals surface area contributed by atoms with Crippen LogP contribution in [0.15, 0.2) is 48.9 Å². The van der Waals surface area contributed by atoms with E-state index in [0.717, 1.165) is 27.8 Å². The van der Waals surface area contributed by atoms with Crippen molar-refractivity contribution in [3.05, 3.63) is 48.9 Å². The number of H-pyrrole nitrogens is 1. The Hall–Kier alpha value is -3.81. The molecule has 28 heavy (non-hydrogen) atoms. The first-order valence-electron chi connectivity index (χ1n) is 8.54. The Morgan fingerprint density at radius 3 is 2.39 bits per heavy atom. The summed E-state index contributed by atoms with van der Waals surface area (Å²) >= 11 is 0. The monoisotopic (exact) mass is 377 g/mol. The van der Waals surface area contributed by atoms with Crippen LogP contribution in [0.2, 0.25) is 0 Å². The van der Waals surface area contributed by atoms with Gasteiger partial charge in [-0.25, -0.2) is 9.97 Å². The Bertz CT molecular complexity index is 1100. The van der Waals surface area contributed by atoms with Gasteiger partial charge in [0.15, 0.2) is 11.5 Å². The van der Waals surface area contributed by atoms with Crippen LogP contribution in [0.1, 0.15) is 0 Å². The molecule has 2 aromatic carbocycles. The van der Waals surface area contributed by atoms with Crippen molar-refractivity contribution < 1.29 is 14.2 Å². The van der Waals surface area contributed by atoms with Gasteiger partial charge in [-0.3, -0.25) is 5.10 Å². The van der Waals surface area contributed by atoms with Gasteiger partial charge in [-0.2, -0.15) is 5.10 Å². The molecule has 2 heterocycles.